The highest BCUT2D eigenvalue weighted by Crippen LogP contribution is 2.24. The summed E-state index contributed by atoms with van der Waals surface area (Å²) in [5.74, 6) is 0.819. The Balaban J connectivity index is 1.25. The Morgan fingerprint density at radius 3 is 2.86 bits per heavy atom. The number of rotatable bonds is 4. The first-order valence-corrected chi connectivity index (χ1v) is 11.1. The molecule has 0 spiro atoms. The first-order valence-electron chi connectivity index (χ1n) is 10.2. The molecule has 1 atom stereocenters. The van der Waals surface area contributed by atoms with E-state index in [0.29, 0.717) is 12.0 Å². The van der Waals surface area contributed by atoms with Crippen molar-refractivity contribution in [2.24, 2.45) is 4.99 Å². The Bertz CT molecular complexity index is 876. The van der Waals surface area contributed by atoms with Gasteiger partial charge >= 0.3 is 0 Å². The maximum Gasteiger partial charge on any atom is 0.242 e. The minimum Gasteiger partial charge on any atom is -0.369 e. The van der Waals surface area contributed by atoms with E-state index < -0.39 is 0 Å². The summed E-state index contributed by atoms with van der Waals surface area (Å²) in [4.78, 5) is 22.7. The molecule has 6 nitrogen and oxygen atoms in total. The molecule has 7 heteroatoms. The van der Waals surface area contributed by atoms with Crippen molar-refractivity contribution in [2.45, 2.75) is 32.4 Å². The number of nitrogens with one attached hydrogen (secondary N) is 2. The SMILES string of the molecule is CN=C(NCC(=O)N1CCc2sccc2C1)NC1CCN(c2ccc(C)cc2)C1. The summed E-state index contributed by atoms with van der Waals surface area (Å²) < 4.78 is 0. The van der Waals surface area contributed by atoms with Crippen LogP contribution in [0, 0.1) is 6.92 Å². The topological polar surface area (TPSA) is 60.0 Å². The number of aryl methyl sites for hydroxylation is 1. The Kier molecular flexibility index (Phi) is 6.04. The van der Waals surface area contributed by atoms with Gasteiger partial charge in [-0.15, -0.1) is 11.3 Å². The number of hydrogen-bond donors (Lipinski definition) is 2. The van der Waals surface area contributed by atoms with Crippen molar-refractivity contribution < 1.29 is 4.79 Å². The van der Waals surface area contributed by atoms with Crippen LogP contribution in [0.3, 0.4) is 0 Å². The molecule has 1 saturated heterocycles. The molecule has 0 bridgehead atoms. The van der Waals surface area contributed by atoms with E-state index in [2.05, 4.69) is 63.2 Å². The van der Waals surface area contributed by atoms with Crippen LogP contribution < -0.4 is 15.5 Å². The van der Waals surface area contributed by atoms with E-state index in [4.69, 9.17) is 0 Å². The van der Waals surface area contributed by atoms with Gasteiger partial charge in [-0.3, -0.25) is 9.79 Å². The summed E-state index contributed by atoms with van der Waals surface area (Å²) in [6.45, 7) is 5.86. The summed E-state index contributed by atoms with van der Waals surface area (Å²) in [5, 5.41) is 8.79. The highest BCUT2D eigenvalue weighted by Gasteiger charge is 2.24. The van der Waals surface area contributed by atoms with Gasteiger partial charge in [-0.05, 0) is 48.9 Å². The standard InChI is InChI=1S/C22H29N5OS/c1-16-3-5-19(6-4-16)26-10-7-18(15-26)25-22(23-2)24-13-21(28)27-11-8-20-17(14-27)9-12-29-20/h3-6,9,12,18H,7-8,10-11,13-15H2,1-2H3,(H2,23,24,25). The molecule has 1 aromatic carbocycles. The highest BCUT2D eigenvalue weighted by atomic mass is 32.1. The second-order valence-corrected chi connectivity index (χ2v) is 8.77. The lowest BCUT2D eigenvalue weighted by Crippen LogP contribution is -2.48. The molecule has 2 aliphatic heterocycles. The van der Waals surface area contributed by atoms with Crippen LogP contribution in [-0.4, -0.2) is 56.0 Å². The van der Waals surface area contributed by atoms with Gasteiger partial charge in [0.2, 0.25) is 5.91 Å². The van der Waals surface area contributed by atoms with Gasteiger partial charge in [-0.1, -0.05) is 17.7 Å². The van der Waals surface area contributed by atoms with Crippen LogP contribution in [0.2, 0.25) is 0 Å². The molecular formula is C22H29N5OS. The molecule has 3 heterocycles. The third-order valence-corrected chi connectivity index (χ3v) is 6.74. The first-order chi connectivity index (χ1) is 14.1. The number of amides is 1. The van der Waals surface area contributed by atoms with E-state index in [1.165, 1.54) is 21.7 Å². The molecule has 4 rings (SSSR count). The zero-order valence-corrected chi connectivity index (χ0v) is 18.0. The Morgan fingerprint density at radius 2 is 2.07 bits per heavy atom. The zero-order chi connectivity index (χ0) is 20.2. The van der Waals surface area contributed by atoms with Gasteiger partial charge in [0.15, 0.2) is 5.96 Å². The van der Waals surface area contributed by atoms with Crippen LogP contribution in [0.1, 0.15) is 22.4 Å². The zero-order valence-electron chi connectivity index (χ0n) is 17.1. The summed E-state index contributed by atoms with van der Waals surface area (Å²) >= 11 is 1.79. The number of carbonyl (C=O) groups excluding carboxylic acids is 1. The number of benzene rings is 1. The number of aliphatic imine (C=N–C) groups is 1. The van der Waals surface area contributed by atoms with Crippen molar-refractivity contribution in [1.29, 1.82) is 0 Å². The molecule has 0 aliphatic carbocycles. The summed E-state index contributed by atoms with van der Waals surface area (Å²) in [7, 11) is 1.75. The number of fused-ring (bicyclic) bond motifs is 1. The Morgan fingerprint density at radius 1 is 1.24 bits per heavy atom. The summed E-state index contributed by atoms with van der Waals surface area (Å²) in [5.41, 5.74) is 3.83. The van der Waals surface area contributed by atoms with Gasteiger partial charge in [0, 0.05) is 49.8 Å². The largest absolute Gasteiger partial charge is 0.369 e. The number of carbonyl (C=O) groups is 1. The molecule has 1 unspecified atom stereocenters. The molecule has 1 fully saturated rings. The van der Waals surface area contributed by atoms with Crippen LogP contribution in [0.5, 0.6) is 0 Å². The van der Waals surface area contributed by atoms with Crippen molar-refractivity contribution in [2.75, 3.05) is 38.1 Å². The lowest BCUT2D eigenvalue weighted by atomic mass is 10.1. The summed E-state index contributed by atoms with van der Waals surface area (Å²) in [6.07, 6.45) is 2.01. The van der Waals surface area contributed by atoms with Crippen LogP contribution in [0.15, 0.2) is 40.7 Å². The third-order valence-electron chi connectivity index (χ3n) is 5.72. The maximum atomic E-state index is 12.6. The fraction of sp³-hybridized carbons (Fsp3) is 0.455. The predicted molar refractivity (Wildman–Crippen MR) is 120 cm³/mol. The molecule has 2 N–H and O–H groups in total. The average molecular weight is 412 g/mol. The van der Waals surface area contributed by atoms with Crippen molar-refractivity contribution in [1.82, 2.24) is 15.5 Å². The van der Waals surface area contributed by atoms with E-state index in [1.54, 1.807) is 18.4 Å². The molecule has 0 saturated carbocycles. The van der Waals surface area contributed by atoms with Gasteiger partial charge in [-0.25, -0.2) is 0 Å². The molecule has 2 aromatic rings. The number of anilines is 1. The fourth-order valence-corrected chi connectivity index (χ4v) is 4.88. The number of nitrogens with zero attached hydrogens (tertiary/aromatic N) is 3. The van der Waals surface area contributed by atoms with Crippen LogP contribution in [0.25, 0.3) is 0 Å². The minimum atomic E-state index is 0.123. The molecule has 154 valence electrons. The predicted octanol–water partition coefficient (Wildman–Crippen LogP) is 2.39. The van der Waals surface area contributed by atoms with Crippen LogP contribution in [0.4, 0.5) is 5.69 Å². The maximum absolute atomic E-state index is 12.6. The van der Waals surface area contributed by atoms with Gasteiger partial charge in [0.25, 0.3) is 0 Å². The summed E-state index contributed by atoms with van der Waals surface area (Å²) in [6, 6.07) is 11.1. The van der Waals surface area contributed by atoms with E-state index in [0.717, 1.165) is 39.0 Å². The average Bonchev–Trinajstić information content (AvgIpc) is 3.40. The van der Waals surface area contributed by atoms with E-state index >= 15 is 0 Å². The monoisotopic (exact) mass is 411 g/mol. The molecule has 1 aromatic heterocycles. The molecular weight excluding hydrogens is 382 g/mol. The second-order valence-electron chi connectivity index (χ2n) is 7.77. The smallest absolute Gasteiger partial charge is 0.242 e. The van der Waals surface area contributed by atoms with Crippen molar-refractivity contribution in [3.05, 3.63) is 51.7 Å². The van der Waals surface area contributed by atoms with E-state index in [9.17, 15) is 4.79 Å². The molecule has 0 radical (unpaired) electrons. The number of hydrogen-bond acceptors (Lipinski definition) is 4. The molecule has 1 amide bonds. The van der Waals surface area contributed by atoms with E-state index in [-0.39, 0.29) is 12.5 Å². The fourth-order valence-electron chi connectivity index (χ4n) is 3.99. The quantitative estimate of drug-likeness (QED) is 0.599. The van der Waals surface area contributed by atoms with Gasteiger partial charge in [0.1, 0.15) is 0 Å². The van der Waals surface area contributed by atoms with Crippen LogP contribution >= 0.6 is 11.3 Å². The molecule has 29 heavy (non-hydrogen) atoms. The van der Waals surface area contributed by atoms with Crippen molar-refractivity contribution in [3.63, 3.8) is 0 Å². The highest BCUT2D eigenvalue weighted by molar-refractivity contribution is 7.10. The Labute approximate surface area is 176 Å². The van der Waals surface area contributed by atoms with Gasteiger partial charge in [0.05, 0.1) is 6.54 Å². The number of thiophene rings is 1. The van der Waals surface area contributed by atoms with Gasteiger partial charge in [-0.2, -0.15) is 0 Å². The minimum absolute atomic E-state index is 0.123. The Hall–Kier alpha value is -2.54. The normalized spacial score (nSPS) is 19.2. The number of guanidine groups is 1. The van der Waals surface area contributed by atoms with Crippen LogP contribution in [-0.2, 0) is 17.8 Å². The van der Waals surface area contributed by atoms with Crippen molar-refractivity contribution in [3.8, 4) is 0 Å². The van der Waals surface area contributed by atoms with E-state index in [1.807, 2.05) is 4.90 Å². The third kappa shape index (κ3) is 4.72. The lowest BCUT2D eigenvalue weighted by Gasteiger charge is -2.27. The second kappa shape index (κ2) is 8.86. The lowest BCUT2D eigenvalue weighted by molar-refractivity contribution is -0.130. The van der Waals surface area contributed by atoms with Crippen molar-refractivity contribution >= 4 is 28.9 Å². The molecule has 2 aliphatic rings. The first kappa shape index (κ1) is 19.8. The van der Waals surface area contributed by atoms with Gasteiger partial charge < -0.3 is 20.4 Å².